The lowest BCUT2D eigenvalue weighted by Gasteiger charge is -2.05. The third kappa shape index (κ3) is 2.42. The van der Waals surface area contributed by atoms with E-state index in [0.29, 0.717) is 0 Å². The molecular formula is C13H13ClO. The molecule has 2 aromatic carbocycles. The van der Waals surface area contributed by atoms with Gasteiger partial charge in [-0.05, 0) is 41.5 Å². The van der Waals surface area contributed by atoms with Gasteiger partial charge in [0.2, 0.25) is 0 Å². The van der Waals surface area contributed by atoms with E-state index in [4.69, 9.17) is 16.3 Å². The summed E-state index contributed by atoms with van der Waals surface area (Å²) in [6, 6.07) is 11.9. The average Bonchev–Trinajstić information content (AvgIpc) is 2.26. The first kappa shape index (κ1) is 10.3. The van der Waals surface area contributed by atoms with Gasteiger partial charge < -0.3 is 4.74 Å². The van der Waals surface area contributed by atoms with Gasteiger partial charge in [-0.25, -0.2) is 0 Å². The fourth-order valence-corrected chi connectivity index (χ4v) is 1.68. The number of halogens is 1. The van der Waals surface area contributed by atoms with Crippen LogP contribution in [0.15, 0.2) is 36.4 Å². The standard InChI is InChI=1S/C13H13ClO/c1-2-7-15-13-6-4-10-8-12(14)5-3-11(10)9-13/h3-6,8-9H,2,7H2,1H3. The Kier molecular flexibility index (Phi) is 3.12. The smallest absolute Gasteiger partial charge is 0.119 e. The van der Waals surface area contributed by atoms with E-state index in [1.54, 1.807) is 0 Å². The minimum absolute atomic E-state index is 0.763. The van der Waals surface area contributed by atoms with E-state index in [-0.39, 0.29) is 0 Å². The van der Waals surface area contributed by atoms with Crippen molar-refractivity contribution in [1.82, 2.24) is 0 Å². The van der Waals surface area contributed by atoms with Crippen LogP contribution in [0.2, 0.25) is 5.02 Å². The first-order chi connectivity index (χ1) is 7.29. The van der Waals surface area contributed by atoms with Gasteiger partial charge in [0.15, 0.2) is 0 Å². The molecule has 0 aliphatic rings. The topological polar surface area (TPSA) is 9.23 Å². The molecule has 0 heterocycles. The van der Waals surface area contributed by atoms with Gasteiger partial charge in [-0.3, -0.25) is 0 Å². The molecule has 0 atom stereocenters. The summed E-state index contributed by atoms with van der Waals surface area (Å²) >= 11 is 5.91. The van der Waals surface area contributed by atoms with E-state index in [1.165, 1.54) is 0 Å². The lowest BCUT2D eigenvalue weighted by Crippen LogP contribution is -1.94. The van der Waals surface area contributed by atoms with E-state index in [2.05, 4.69) is 6.92 Å². The number of hydrogen-bond donors (Lipinski definition) is 0. The Balaban J connectivity index is 2.34. The molecule has 0 saturated carbocycles. The zero-order valence-electron chi connectivity index (χ0n) is 8.66. The summed E-state index contributed by atoms with van der Waals surface area (Å²) in [5.41, 5.74) is 0. The van der Waals surface area contributed by atoms with Gasteiger partial charge >= 0.3 is 0 Å². The van der Waals surface area contributed by atoms with Crippen molar-refractivity contribution in [2.75, 3.05) is 6.61 Å². The van der Waals surface area contributed by atoms with Gasteiger partial charge in [-0.15, -0.1) is 0 Å². The fraction of sp³-hybridized carbons (Fsp3) is 0.231. The van der Waals surface area contributed by atoms with Gasteiger partial charge in [0.05, 0.1) is 6.61 Å². The van der Waals surface area contributed by atoms with Crippen LogP contribution in [0.5, 0.6) is 5.75 Å². The van der Waals surface area contributed by atoms with E-state index in [9.17, 15) is 0 Å². The zero-order chi connectivity index (χ0) is 10.7. The molecule has 2 aromatic rings. The van der Waals surface area contributed by atoms with E-state index < -0.39 is 0 Å². The van der Waals surface area contributed by atoms with Crippen LogP contribution in [-0.4, -0.2) is 6.61 Å². The Morgan fingerprint density at radius 1 is 1.07 bits per heavy atom. The Morgan fingerprint density at radius 2 is 1.80 bits per heavy atom. The van der Waals surface area contributed by atoms with Crippen LogP contribution in [0.1, 0.15) is 13.3 Å². The molecule has 2 heteroatoms. The van der Waals surface area contributed by atoms with Gasteiger partial charge in [0.1, 0.15) is 5.75 Å². The highest BCUT2D eigenvalue weighted by atomic mass is 35.5. The minimum Gasteiger partial charge on any atom is -0.494 e. The molecule has 0 aliphatic heterocycles. The molecular weight excluding hydrogens is 208 g/mol. The third-order valence-electron chi connectivity index (χ3n) is 2.25. The van der Waals surface area contributed by atoms with Crippen LogP contribution >= 0.6 is 11.6 Å². The summed E-state index contributed by atoms with van der Waals surface area (Å²) in [6.07, 6.45) is 1.03. The Bertz CT molecular complexity index is 465. The summed E-state index contributed by atoms with van der Waals surface area (Å²) in [5, 5.41) is 3.07. The number of rotatable bonds is 3. The lowest BCUT2D eigenvalue weighted by molar-refractivity contribution is 0.318. The average molecular weight is 221 g/mol. The maximum Gasteiger partial charge on any atom is 0.119 e. The van der Waals surface area contributed by atoms with Crippen molar-refractivity contribution in [2.45, 2.75) is 13.3 Å². The first-order valence-corrected chi connectivity index (χ1v) is 5.49. The summed E-state index contributed by atoms with van der Waals surface area (Å²) in [7, 11) is 0. The first-order valence-electron chi connectivity index (χ1n) is 5.11. The highest BCUT2D eigenvalue weighted by Crippen LogP contribution is 2.23. The predicted octanol–water partition coefficient (Wildman–Crippen LogP) is 4.28. The second kappa shape index (κ2) is 4.54. The second-order valence-electron chi connectivity index (χ2n) is 3.50. The number of hydrogen-bond acceptors (Lipinski definition) is 1. The van der Waals surface area contributed by atoms with Crippen molar-refractivity contribution in [3.05, 3.63) is 41.4 Å². The summed E-state index contributed by atoms with van der Waals surface area (Å²) < 4.78 is 5.56. The van der Waals surface area contributed by atoms with Crippen molar-refractivity contribution in [1.29, 1.82) is 0 Å². The SMILES string of the molecule is CCCOc1ccc2cc(Cl)ccc2c1. The van der Waals surface area contributed by atoms with Crippen LogP contribution in [-0.2, 0) is 0 Å². The monoisotopic (exact) mass is 220 g/mol. The Morgan fingerprint density at radius 3 is 2.60 bits per heavy atom. The molecule has 78 valence electrons. The Labute approximate surface area is 94.6 Å². The summed E-state index contributed by atoms with van der Waals surface area (Å²) in [5.74, 6) is 0.923. The van der Waals surface area contributed by atoms with E-state index in [0.717, 1.165) is 34.6 Å². The highest BCUT2D eigenvalue weighted by molar-refractivity contribution is 6.31. The molecule has 0 amide bonds. The van der Waals surface area contributed by atoms with Crippen molar-refractivity contribution in [3.63, 3.8) is 0 Å². The van der Waals surface area contributed by atoms with Crippen LogP contribution in [0.25, 0.3) is 10.8 Å². The van der Waals surface area contributed by atoms with Crippen molar-refractivity contribution >= 4 is 22.4 Å². The molecule has 0 saturated heterocycles. The molecule has 0 unspecified atom stereocenters. The van der Waals surface area contributed by atoms with Crippen molar-refractivity contribution < 1.29 is 4.74 Å². The molecule has 0 radical (unpaired) electrons. The summed E-state index contributed by atoms with van der Waals surface area (Å²) in [6.45, 7) is 2.86. The molecule has 1 nitrogen and oxygen atoms in total. The van der Waals surface area contributed by atoms with Crippen LogP contribution in [0, 0.1) is 0 Å². The fourth-order valence-electron chi connectivity index (χ4n) is 1.50. The second-order valence-corrected chi connectivity index (χ2v) is 3.94. The largest absolute Gasteiger partial charge is 0.494 e. The van der Waals surface area contributed by atoms with E-state index >= 15 is 0 Å². The number of benzene rings is 2. The molecule has 15 heavy (non-hydrogen) atoms. The molecule has 0 fully saturated rings. The Hall–Kier alpha value is -1.21. The predicted molar refractivity (Wildman–Crippen MR) is 64.7 cm³/mol. The van der Waals surface area contributed by atoms with Gasteiger partial charge in [-0.1, -0.05) is 30.7 Å². The number of fused-ring (bicyclic) bond motifs is 1. The lowest BCUT2D eigenvalue weighted by atomic mass is 10.1. The van der Waals surface area contributed by atoms with E-state index in [1.807, 2.05) is 36.4 Å². The zero-order valence-corrected chi connectivity index (χ0v) is 9.42. The molecule has 0 aliphatic carbocycles. The minimum atomic E-state index is 0.763. The molecule has 2 rings (SSSR count). The van der Waals surface area contributed by atoms with Crippen molar-refractivity contribution in [2.24, 2.45) is 0 Å². The van der Waals surface area contributed by atoms with Gasteiger partial charge in [0.25, 0.3) is 0 Å². The quantitative estimate of drug-likeness (QED) is 0.750. The van der Waals surface area contributed by atoms with Gasteiger partial charge in [-0.2, -0.15) is 0 Å². The molecule has 0 spiro atoms. The maximum atomic E-state index is 5.91. The number of ether oxygens (including phenoxy) is 1. The highest BCUT2D eigenvalue weighted by Gasteiger charge is 1.97. The summed E-state index contributed by atoms with van der Waals surface area (Å²) in [4.78, 5) is 0. The molecule has 0 aromatic heterocycles. The maximum absolute atomic E-state index is 5.91. The van der Waals surface area contributed by atoms with Crippen LogP contribution in [0.4, 0.5) is 0 Å². The molecule has 0 N–H and O–H groups in total. The van der Waals surface area contributed by atoms with Crippen molar-refractivity contribution in [3.8, 4) is 5.75 Å². The third-order valence-corrected chi connectivity index (χ3v) is 2.48. The van der Waals surface area contributed by atoms with Crippen LogP contribution in [0.3, 0.4) is 0 Å². The van der Waals surface area contributed by atoms with Gasteiger partial charge in [0, 0.05) is 5.02 Å². The normalized spacial score (nSPS) is 10.5. The molecule has 0 bridgehead atoms. The van der Waals surface area contributed by atoms with Crippen LogP contribution < -0.4 is 4.74 Å².